The molecule has 0 fully saturated rings. The van der Waals surface area contributed by atoms with Crippen molar-refractivity contribution in [2.45, 2.75) is 33.2 Å². The van der Waals surface area contributed by atoms with Crippen LogP contribution >= 0.6 is 0 Å². The van der Waals surface area contributed by atoms with E-state index in [2.05, 4.69) is 26.0 Å². The normalized spacial score (nSPS) is 15.4. The average molecular weight is 360 g/mol. The summed E-state index contributed by atoms with van der Waals surface area (Å²) >= 11 is 0. The van der Waals surface area contributed by atoms with Crippen LogP contribution in [-0.2, 0) is 13.0 Å². The number of hydrogen-bond acceptors (Lipinski definition) is 3. The number of ketones is 1. The molecule has 1 heterocycles. The summed E-state index contributed by atoms with van der Waals surface area (Å²) in [6, 6.07) is 18.1. The second kappa shape index (κ2) is 6.69. The number of aromatic nitrogens is 2. The van der Waals surface area contributed by atoms with Gasteiger partial charge in [-0.3, -0.25) is 9.48 Å². The fourth-order valence-corrected chi connectivity index (χ4v) is 3.88. The van der Waals surface area contributed by atoms with Gasteiger partial charge in [-0.05, 0) is 41.7 Å². The van der Waals surface area contributed by atoms with Gasteiger partial charge >= 0.3 is 0 Å². The van der Waals surface area contributed by atoms with Crippen LogP contribution in [0.5, 0.6) is 5.75 Å². The molecule has 4 rings (SSSR count). The molecule has 2 aromatic carbocycles. The lowest BCUT2D eigenvalue weighted by molar-refractivity contribution is 0.0912. The number of fused-ring (bicyclic) bond motifs is 1. The third-order valence-corrected chi connectivity index (χ3v) is 5.13. The van der Waals surface area contributed by atoms with Gasteiger partial charge in [0.15, 0.2) is 5.78 Å². The van der Waals surface area contributed by atoms with Crippen molar-refractivity contribution >= 4 is 5.78 Å². The smallest absolute Gasteiger partial charge is 0.167 e. The van der Waals surface area contributed by atoms with E-state index >= 15 is 0 Å². The quantitative estimate of drug-likeness (QED) is 0.674. The maximum absolute atomic E-state index is 13.0. The summed E-state index contributed by atoms with van der Waals surface area (Å²) in [6.45, 7) is 4.91. The molecule has 4 heteroatoms. The average Bonchev–Trinajstić information content (AvgIpc) is 2.99. The number of carbonyl (C=O) groups excluding carboxylic acids is 1. The minimum atomic E-state index is -0.0484. The van der Waals surface area contributed by atoms with Crippen molar-refractivity contribution in [1.29, 1.82) is 0 Å². The lowest BCUT2D eigenvalue weighted by atomic mass is 9.75. The Hall–Kier alpha value is -2.88. The third kappa shape index (κ3) is 3.39. The molecule has 27 heavy (non-hydrogen) atoms. The minimum absolute atomic E-state index is 0.0484. The fourth-order valence-electron chi connectivity index (χ4n) is 3.88. The van der Waals surface area contributed by atoms with Crippen molar-refractivity contribution in [2.24, 2.45) is 5.41 Å². The largest absolute Gasteiger partial charge is 0.497 e. The van der Waals surface area contributed by atoms with Gasteiger partial charge in [0.05, 0.1) is 30.6 Å². The van der Waals surface area contributed by atoms with Crippen molar-refractivity contribution in [2.75, 3.05) is 7.11 Å². The Morgan fingerprint density at radius 3 is 2.41 bits per heavy atom. The topological polar surface area (TPSA) is 44.1 Å². The molecule has 0 spiro atoms. The number of ether oxygens (including phenoxy) is 1. The molecule has 0 unspecified atom stereocenters. The third-order valence-electron chi connectivity index (χ3n) is 5.13. The summed E-state index contributed by atoms with van der Waals surface area (Å²) < 4.78 is 7.27. The maximum atomic E-state index is 13.0. The molecule has 4 nitrogen and oxygen atoms in total. The highest BCUT2D eigenvalue weighted by atomic mass is 16.5. The van der Waals surface area contributed by atoms with Gasteiger partial charge in [-0.2, -0.15) is 5.10 Å². The van der Waals surface area contributed by atoms with Gasteiger partial charge in [0, 0.05) is 12.0 Å². The lowest BCUT2D eigenvalue weighted by Crippen LogP contribution is -2.26. The van der Waals surface area contributed by atoms with E-state index in [1.807, 2.05) is 47.1 Å². The van der Waals surface area contributed by atoms with Gasteiger partial charge in [-0.1, -0.05) is 44.2 Å². The standard InChI is InChI=1S/C23H24N2O2/c1-23(2)13-19-21(20(26)14-23)22(17-9-11-18(27-3)12-10-17)25(24-19)15-16-7-5-4-6-8-16/h4-12H,13-15H2,1-3H3. The van der Waals surface area contributed by atoms with Gasteiger partial charge in [-0.15, -0.1) is 0 Å². The van der Waals surface area contributed by atoms with Crippen molar-refractivity contribution in [3.8, 4) is 17.0 Å². The molecule has 0 N–H and O–H groups in total. The molecule has 0 saturated carbocycles. The lowest BCUT2D eigenvalue weighted by Gasteiger charge is -2.27. The van der Waals surface area contributed by atoms with Crippen LogP contribution < -0.4 is 4.74 Å². The summed E-state index contributed by atoms with van der Waals surface area (Å²) in [4.78, 5) is 13.0. The van der Waals surface area contributed by atoms with Crippen LogP contribution in [0.3, 0.4) is 0 Å². The van der Waals surface area contributed by atoms with Gasteiger partial charge in [-0.25, -0.2) is 0 Å². The highest BCUT2D eigenvalue weighted by Crippen LogP contribution is 2.39. The fraction of sp³-hybridized carbons (Fsp3) is 0.304. The predicted octanol–water partition coefficient (Wildman–Crippen LogP) is 4.76. The van der Waals surface area contributed by atoms with E-state index in [-0.39, 0.29) is 11.2 Å². The van der Waals surface area contributed by atoms with Crippen LogP contribution in [0, 0.1) is 5.41 Å². The summed E-state index contributed by atoms with van der Waals surface area (Å²) in [6.07, 6.45) is 1.37. The van der Waals surface area contributed by atoms with Gasteiger partial charge in [0.2, 0.25) is 0 Å². The molecule has 1 aromatic heterocycles. The molecule has 0 radical (unpaired) electrons. The van der Waals surface area contributed by atoms with E-state index in [1.54, 1.807) is 7.11 Å². The predicted molar refractivity (Wildman–Crippen MR) is 106 cm³/mol. The van der Waals surface area contributed by atoms with Gasteiger partial charge in [0.1, 0.15) is 5.75 Å². The molecular weight excluding hydrogens is 336 g/mol. The van der Waals surface area contributed by atoms with Crippen LogP contribution in [-0.4, -0.2) is 22.7 Å². The SMILES string of the molecule is COc1ccc(-c2c3c(nn2Cc2ccccc2)CC(C)(C)CC3=O)cc1. The highest BCUT2D eigenvalue weighted by Gasteiger charge is 2.36. The molecule has 1 aliphatic carbocycles. The monoisotopic (exact) mass is 360 g/mol. The Balaban J connectivity index is 1.86. The molecule has 3 aromatic rings. The summed E-state index contributed by atoms with van der Waals surface area (Å²) in [5, 5.41) is 4.88. The molecular formula is C23H24N2O2. The number of Topliss-reactive ketones (excluding diaryl/α,β-unsaturated/α-hetero) is 1. The Bertz CT molecular complexity index is 970. The second-order valence-corrected chi connectivity index (χ2v) is 7.98. The number of rotatable bonds is 4. The van der Waals surface area contributed by atoms with Crippen molar-refractivity contribution in [1.82, 2.24) is 9.78 Å². The number of methoxy groups -OCH3 is 1. The second-order valence-electron chi connectivity index (χ2n) is 7.98. The zero-order valence-electron chi connectivity index (χ0n) is 16.0. The number of benzene rings is 2. The first-order chi connectivity index (χ1) is 13.0. The van der Waals surface area contributed by atoms with Crippen LogP contribution in [0.4, 0.5) is 0 Å². The van der Waals surface area contributed by atoms with Crippen LogP contribution in [0.25, 0.3) is 11.3 Å². The van der Waals surface area contributed by atoms with Crippen molar-refractivity contribution in [3.05, 3.63) is 71.4 Å². The molecule has 0 amide bonds. The van der Waals surface area contributed by atoms with E-state index < -0.39 is 0 Å². The van der Waals surface area contributed by atoms with Crippen molar-refractivity contribution in [3.63, 3.8) is 0 Å². The Morgan fingerprint density at radius 1 is 1.04 bits per heavy atom. The first-order valence-electron chi connectivity index (χ1n) is 9.28. The zero-order valence-corrected chi connectivity index (χ0v) is 16.0. The van der Waals surface area contributed by atoms with Crippen LogP contribution in [0.2, 0.25) is 0 Å². The highest BCUT2D eigenvalue weighted by molar-refractivity contribution is 6.04. The summed E-state index contributed by atoms with van der Waals surface area (Å²) in [5.41, 5.74) is 4.73. The Morgan fingerprint density at radius 2 is 1.74 bits per heavy atom. The van der Waals surface area contributed by atoms with Crippen LogP contribution in [0.15, 0.2) is 54.6 Å². The molecule has 0 aliphatic heterocycles. The van der Waals surface area contributed by atoms with E-state index in [9.17, 15) is 4.79 Å². The molecule has 1 aliphatic rings. The van der Waals surface area contributed by atoms with E-state index in [4.69, 9.17) is 9.84 Å². The van der Waals surface area contributed by atoms with Gasteiger partial charge < -0.3 is 4.74 Å². The van der Waals surface area contributed by atoms with Gasteiger partial charge in [0.25, 0.3) is 0 Å². The maximum Gasteiger partial charge on any atom is 0.167 e. The first-order valence-corrected chi connectivity index (χ1v) is 9.28. The van der Waals surface area contributed by atoms with Crippen LogP contribution in [0.1, 0.15) is 41.9 Å². The zero-order chi connectivity index (χ0) is 19.0. The number of carbonyl (C=O) groups is 1. The Labute approximate surface area is 159 Å². The number of nitrogens with zero attached hydrogens (tertiary/aromatic N) is 2. The van der Waals surface area contributed by atoms with E-state index in [1.165, 1.54) is 5.56 Å². The molecule has 138 valence electrons. The van der Waals surface area contributed by atoms with Crippen molar-refractivity contribution < 1.29 is 9.53 Å². The first kappa shape index (κ1) is 17.5. The van der Waals surface area contributed by atoms with E-state index in [0.29, 0.717) is 13.0 Å². The Kier molecular flexibility index (Phi) is 4.34. The minimum Gasteiger partial charge on any atom is -0.497 e. The van der Waals surface area contributed by atoms with E-state index in [0.717, 1.165) is 34.7 Å². The molecule has 0 atom stereocenters. The summed E-state index contributed by atoms with van der Waals surface area (Å²) in [7, 11) is 1.65. The number of hydrogen-bond donors (Lipinski definition) is 0. The molecule has 0 saturated heterocycles. The summed E-state index contributed by atoms with van der Waals surface area (Å²) in [5.74, 6) is 0.987. The molecule has 0 bridgehead atoms.